The van der Waals surface area contributed by atoms with E-state index in [-0.39, 0.29) is 0 Å². The standard InChI is InChI=1S/C15H29N3S/c1-6-8-12(5)10-13(16-9-7-2)15-14(11(3)4)17-18-19-15/h11-13,16H,6-10H2,1-5H3. The summed E-state index contributed by atoms with van der Waals surface area (Å²) in [5, 5.41) is 8.01. The van der Waals surface area contributed by atoms with Crippen molar-refractivity contribution >= 4 is 11.5 Å². The molecule has 0 bridgehead atoms. The third kappa shape index (κ3) is 5.19. The average Bonchev–Trinajstić information content (AvgIpc) is 2.84. The van der Waals surface area contributed by atoms with Crippen molar-refractivity contribution in [2.45, 2.75) is 72.3 Å². The van der Waals surface area contributed by atoms with Crippen LogP contribution in [0.15, 0.2) is 0 Å². The van der Waals surface area contributed by atoms with Crippen LogP contribution in [0.3, 0.4) is 0 Å². The molecule has 2 atom stereocenters. The first kappa shape index (κ1) is 16.6. The summed E-state index contributed by atoms with van der Waals surface area (Å²) in [5.74, 6) is 1.21. The van der Waals surface area contributed by atoms with Gasteiger partial charge >= 0.3 is 0 Å². The van der Waals surface area contributed by atoms with Gasteiger partial charge in [-0.15, -0.1) is 5.10 Å². The first-order valence-corrected chi connectivity index (χ1v) is 8.42. The Morgan fingerprint density at radius 3 is 2.47 bits per heavy atom. The van der Waals surface area contributed by atoms with Crippen molar-refractivity contribution in [2.75, 3.05) is 6.54 Å². The highest BCUT2D eigenvalue weighted by atomic mass is 32.1. The lowest BCUT2D eigenvalue weighted by molar-refractivity contribution is 0.391. The summed E-state index contributed by atoms with van der Waals surface area (Å²) in [4.78, 5) is 1.35. The molecule has 1 rings (SSSR count). The lowest BCUT2D eigenvalue weighted by Gasteiger charge is -2.22. The highest BCUT2D eigenvalue weighted by Crippen LogP contribution is 2.31. The van der Waals surface area contributed by atoms with Crippen molar-refractivity contribution in [1.29, 1.82) is 0 Å². The third-order valence-electron chi connectivity index (χ3n) is 3.46. The fourth-order valence-corrected chi connectivity index (χ4v) is 3.35. The van der Waals surface area contributed by atoms with Gasteiger partial charge in [-0.25, -0.2) is 0 Å². The highest BCUT2D eigenvalue weighted by Gasteiger charge is 2.22. The molecule has 0 radical (unpaired) electrons. The lowest BCUT2D eigenvalue weighted by Crippen LogP contribution is -2.24. The van der Waals surface area contributed by atoms with Crippen molar-refractivity contribution in [3.8, 4) is 0 Å². The zero-order chi connectivity index (χ0) is 14.3. The predicted molar refractivity (Wildman–Crippen MR) is 83.7 cm³/mol. The summed E-state index contributed by atoms with van der Waals surface area (Å²) in [6, 6.07) is 0.430. The summed E-state index contributed by atoms with van der Waals surface area (Å²) >= 11 is 1.57. The minimum atomic E-state index is 0.430. The Morgan fingerprint density at radius 1 is 1.16 bits per heavy atom. The third-order valence-corrected chi connectivity index (χ3v) is 4.32. The molecule has 19 heavy (non-hydrogen) atoms. The summed E-state index contributed by atoms with van der Waals surface area (Å²) in [6.07, 6.45) is 4.92. The number of nitrogens with one attached hydrogen (secondary N) is 1. The second-order valence-electron chi connectivity index (χ2n) is 5.81. The van der Waals surface area contributed by atoms with E-state index in [0.29, 0.717) is 12.0 Å². The first-order valence-electron chi connectivity index (χ1n) is 7.65. The molecule has 3 nitrogen and oxygen atoms in total. The van der Waals surface area contributed by atoms with Crippen LogP contribution in [0, 0.1) is 5.92 Å². The van der Waals surface area contributed by atoms with Gasteiger partial charge in [0, 0.05) is 6.04 Å². The summed E-state index contributed by atoms with van der Waals surface area (Å²) < 4.78 is 4.18. The molecule has 0 saturated carbocycles. The lowest BCUT2D eigenvalue weighted by atomic mass is 9.94. The van der Waals surface area contributed by atoms with Gasteiger partial charge < -0.3 is 5.32 Å². The predicted octanol–water partition coefficient (Wildman–Crippen LogP) is 4.53. The van der Waals surface area contributed by atoms with Crippen LogP contribution in [0.4, 0.5) is 0 Å². The number of nitrogens with zero attached hydrogens (tertiary/aromatic N) is 2. The molecule has 0 aliphatic carbocycles. The maximum absolute atomic E-state index is 4.33. The van der Waals surface area contributed by atoms with Gasteiger partial charge in [0.15, 0.2) is 0 Å². The van der Waals surface area contributed by atoms with E-state index < -0.39 is 0 Å². The molecule has 1 heterocycles. The fraction of sp³-hybridized carbons (Fsp3) is 0.867. The van der Waals surface area contributed by atoms with Crippen LogP contribution in [-0.4, -0.2) is 16.1 Å². The smallest absolute Gasteiger partial charge is 0.0829 e. The van der Waals surface area contributed by atoms with Gasteiger partial charge in [0.1, 0.15) is 0 Å². The molecule has 0 aromatic carbocycles. The van der Waals surface area contributed by atoms with Crippen LogP contribution in [0.2, 0.25) is 0 Å². The van der Waals surface area contributed by atoms with E-state index in [4.69, 9.17) is 0 Å². The van der Waals surface area contributed by atoms with E-state index in [1.165, 1.54) is 36.3 Å². The van der Waals surface area contributed by atoms with Crippen LogP contribution in [0.1, 0.15) is 82.8 Å². The van der Waals surface area contributed by atoms with Gasteiger partial charge in [-0.1, -0.05) is 51.9 Å². The Morgan fingerprint density at radius 2 is 1.89 bits per heavy atom. The normalized spacial score (nSPS) is 14.8. The van der Waals surface area contributed by atoms with Crippen molar-refractivity contribution in [3.05, 3.63) is 10.6 Å². The second-order valence-corrected chi connectivity index (χ2v) is 6.60. The monoisotopic (exact) mass is 283 g/mol. The molecule has 0 aliphatic rings. The number of hydrogen-bond donors (Lipinski definition) is 1. The summed E-state index contributed by atoms with van der Waals surface area (Å²) in [5.41, 5.74) is 1.18. The molecule has 1 aromatic rings. The Bertz CT molecular complexity index is 349. The zero-order valence-corrected chi connectivity index (χ0v) is 13.9. The summed E-state index contributed by atoms with van der Waals surface area (Å²) in [6.45, 7) is 12.3. The Kier molecular flexibility index (Phi) is 7.54. The topological polar surface area (TPSA) is 37.8 Å². The number of aromatic nitrogens is 2. The highest BCUT2D eigenvalue weighted by molar-refractivity contribution is 7.05. The van der Waals surface area contributed by atoms with E-state index in [1.807, 2.05) is 0 Å². The van der Waals surface area contributed by atoms with Crippen LogP contribution in [-0.2, 0) is 0 Å². The van der Waals surface area contributed by atoms with Gasteiger partial charge in [-0.2, -0.15) is 0 Å². The SMILES string of the molecule is CCCNC(CC(C)CCC)c1snnc1C(C)C. The van der Waals surface area contributed by atoms with Crippen molar-refractivity contribution in [3.63, 3.8) is 0 Å². The van der Waals surface area contributed by atoms with Crippen LogP contribution in [0.5, 0.6) is 0 Å². The van der Waals surface area contributed by atoms with Gasteiger partial charge in [0.05, 0.1) is 10.6 Å². The Hall–Kier alpha value is -0.480. The Balaban J connectivity index is 2.79. The fourth-order valence-electron chi connectivity index (χ4n) is 2.46. The molecule has 4 heteroatoms. The van der Waals surface area contributed by atoms with Crippen molar-refractivity contribution in [2.24, 2.45) is 5.92 Å². The molecule has 110 valence electrons. The molecule has 1 aromatic heterocycles. The maximum atomic E-state index is 4.33. The van der Waals surface area contributed by atoms with E-state index >= 15 is 0 Å². The zero-order valence-electron chi connectivity index (χ0n) is 13.1. The molecular weight excluding hydrogens is 254 g/mol. The number of hydrogen-bond acceptors (Lipinski definition) is 4. The minimum Gasteiger partial charge on any atom is -0.309 e. The summed E-state index contributed by atoms with van der Waals surface area (Å²) in [7, 11) is 0. The maximum Gasteiger partial charge on any atom is 0.0829 e. The molecule has 0 saturated heterocycles. The molecule has 0 fully saturated rings. The molecule has 0 amide bonds. The van der Waals surface area contributed by atoms with Gasteiger partial charge in [-0.05, 0) is 42.8 Å². The first-order chi connectivity index (χ1) is 9.10. The molecule has 2 unspecified atom stereocenters. The molecule has 0 aliphatic heterocycles. The molecular formula is C15H29N3S. The second kappa shape index (κ2) is 8.64. The number of rotatable bonds is 9. The van der Waals surface area contributed by atoms with Crippen LogP contribution in [0.25, 0.3) is 0 Å². The van der Waals surface area contributed by atoms with Gasteiger partial charge in [-0.3, -0.25) is 0 Å². The van der Waals surface area contributed by atoms with Crippen LogP contribution >= 0.6 is 11.5 Å². The van der Waals surface area contributed by atoms with E-state index in [2.05, 4.69) is 49.5 Å². The van der Waals surface area contributed by atoms with Crippen molar-refractivity contribution in [1.82, 2.24) is 14.9 Å². The quantitative estimate of drug-likeness (QED) is 0.723. The largest absolute Gasteiger partial charge is 0.309 e. The van der Waals surface area contributed by atoms with Gasteiger partial charge in [0.2, 0.25) is 0 Å². The molecule has 0 spiro atoms. The van der Waals surface area contributed by atoms with E-state index in [9.17, 15) is 0 Å². The molecule has 1 N–H and O–H groups in total. The van der Waals surface area contributed by atoms with Gasteiger partial charge in [0.25, 0.3) is 0 Å². The average molecular weight is 283 g/mol. The van der Waals surface area contributed by atoms with E-state index in [0.717, 1.165) is 12.5 Å². The van der Waals surface area contributed by atoms with Crippen molar-refractivity contribution < 1.29 is 0 Å². The minimum absolute atomic E-state index is 0.430. The van der Waals surface area contributed by atoms with Crippen LogP contribution < -0.4 is 5.32 Å². The Labute approximate surface area is 122 Å². The van der Waals surface area contributed by atoms with E-state index in [1.54, 1.807) is 11.5 Å².